The summed E-state index contributed by atoms with van der Waals surface area (Å²) in [5.41, 5.74) is 2.07. The van der Waals surface area contributed by atoms with E-state index in [1.54, 1.807) is 38.0 Å². The summed E-state index contributed by atoms with van der Waals surface area (Å²) in [6.07, 6.45) is 0.715. The van der Waals surface area contributed by atoms with E-state index in [4.69, 9.17) is 4.55 Å². The Morgan fingerprint density at radius 1 is 0.968 bits per heavy atom. The van der Waals surface area contributed by atoms with E-state index in [1.165, 1.54) is 9.20 Å². The van der Waals surface area contributed by atoms with Crippen LogP contribution in [0.5, 0.6) is 0 Å². The molecule has 8 nitrogen and oxygen atoms in total. The van der Waals surface area contributed by atoms with Gasteiger partial charge in [0.15, 0.2) is 0 Å². The summed E-state index contributed by atoms with van der Waals surface area (Å²) < 4.78 is 52.3. The lowest BCUT2D eigenvalue weighted by molar-refractivity contribution is 0.319. The van der Waals surface area contributed by atoms with Crippen LogP contribution >= 0.6 is 11.8 Å². The largest absolute Gasteiger partial charge is 0.338 e. The van der Waals surface area contributed by atoms with Crippen LogP contribution in [-0.2, 0) is 20.1 Å². The van der Waals surface area contributed by atoms with Crippen LogP contribution in [0.3, 0.4) is 0 Å². The van der Waals surface area contributed by atoms with Crippen molar-refractivity contribution in [3.8, 4) is 0 Å². The third-order valence-electron chi connectivity index (χ3n) is 4.70. The Morgan fingerprint density at radius 2 is 1.52 bits per heavy atom. The van der Waals surface area contributed by atoms with Crippen LogP contribution in [0.25, 0.3) is 0 Å². The molecule has 31 heavy (non-hydrogen) atoms. The minimum absolute atomic E-state index is 0.313. The summed E-state index contributed by atoms with van der Waals surface area (Å²) in [6.45, 7) is 2.95. The lowest BCUT2D eigenvalue weighted by atomic mass is 10.2. The SMILES string of the molecule is CC(CN1c2ccccc2Sc2ccc(S(=O)(=O)N(C)C)cc21)N(C)C.CS(=O)(=O)O. The number of benzene rings is 2. The molecule has 1 N–H and O–H groups in total. The normalized spacial score (nSPS) is 14.5. The number of para-hydroxylation sites is 1. The Bertz CT molecular complexity index is 1120. The van der Waals surface area contributed by atoms with E-state index >= 15 is 0 Å². The fraction of sp³-hybridized carbons (Fsp3) is 0.400. The van der Waals surface area contributed by atoms with Gasteiger partial charge in [-0.1, -0.05) is 23.9 Å². The summed E-state index contributed by atoms with van der Waals surface area (Å²) >= 11 is 1.69. The summed E-state index contributed by atoms with van der Waals surface area (Å²) in [6, 6.07) is 14.0. The van der Waals surface area contributed by atoms with Crippen LogP contribution < -0.4 is 4.90 Å². The van der Waals surface area contributed by atoms with E-state index in [1.807, 2.05) is 18.2 Å². The molecular formula is C20H29N3O5S3. The van der Waals surface area contributed by atoms with Crippen LogP contribution in [0, 0.1) is 0 Å². The lowest BCUT2D eigenvalue weighted by Crippen LogP contribution is -2.37. The number of fused-ring (bicyclic) bond motifs is 2. The predicted octanol–water partition coefficient (Wildman–Crippen LogP) is 2.99. The monoisotopic (exact) mass is 487 g/mol. The molecule has 2 aromatic carbocycles. The minimum atomic E-state index is -3.67. The molecule has 2 aromatic rings. The number of sulfonamides is 1. The van der Waals surface area contributed by atoms with Gasteiger partial charge in [-0.3, -0.25) is 4.55 Å². The zero-order valence-electron chi connectivity index (χ0n) is 18.5. The molecule has 0 radical (unpaired) electrons. The third-order valence-corrected chi connectivity index (χ3v) is 7.65. The van der Waals surface area contributed by atoms with Gasteiger partial charge in [0, 0.05) is 36.5 Å². The Labute approximate surface area is 189 Å². The standard InChI is InChI=1S/C19H25N3O2S2.CH4O3S/c1-14(20(2)3)13-22-16-8-6-7-9-18(16)25-19-11-10-15(12-17(19)22)26(23,24)21(4)5;1-5(2,3)4/h6-12,14H,13H2,1-5H3;1H3,(H,2,3,4). The quantitative estimate of drug-likeness (QED) is 0.643. The summed E-state index contributed by atoms with van der Waals surface area (Å²) in [5, 5.41) is 0. The highest BCUT2D eigenvalue weighted by atomic mass is 32.2. The molecule has 1 atom stereocenters. The molecule has 0 saturated heterocycles. The first-order valence-corrected chi connectivity index (χ1v) is 13.5. The maximum Gasteiger partial charge on any atom is 0.261 e. The first-order valence-electron chi connectivity index (χ1n) is 9.41. The number of anilines is 2. The number of hydrogen-bond donors (Lipinski definition) is 1. The molecule has 1 heterocycles. The van der Waals surface area contributed by atoms with E-state index in [-0.39, 0.29) is 0 Å². The van der Waals surface area contributed by atoms with Crippen LogP contribution in [-0.4, -0.2) is 77.6 Å². The molecule has 0 fully saturated rings. The van der Waals surface area contributed by atoms with E-state index in [9.17, 15) is 16.8 Å². The predicted molar refractivity (Wildman–Crippen MR) is 126 cm³/mol. The van der Waals surface area contributed by atoms with Crippen LogP contribution in [0.4, 0.5) is 11.4 Å². The van der Waals surface area contributed by atoms with Crippen molar-refractivity contribution in [3.05, 3.63) is 42.5 Å². The van der Waals surface area contributed by atoms with Crippen LogP contribution in [0.2, 0.25) is 0 Å². The first kappa shape index (κ1) is 25.6. The molecular weight excluding hydrogens is 458 g/mol. The average molecular weight is 488 g/mol. The van der Waals surface area contributed by atoms with Gasteiger partial charge in [0.05, 0.1) is 22.5 Å². The summed E-state index contributed by atoms with van der Waals surface area (Å²) in [7, 11) is 0.102. The second-order valence-electron chi connectivity index (χ2n) is 7.64. The molecule has 11 heteroatoms. The average Bonchev–Trinajstić information content (AvgIpc) is 2.65. The Balaban J connectivity index is 0.000000614. The van der Waals surface area contributed by atoms with Crippen molar-refractivity contribution in [3.63, 3.8) is 0 Å². The van der Waals surface area contributed by atoms with Gasteiger partial charge in [0.25, 0.3) is 10.1 Å². The Kier molecular flexibility index (Phi) is 8.17. The maximum atomic E-state index is 12.6. The molecule has 0 spiro atoms. The Morgan fingerprint density at radius 3 is 2.06 bits per heavy atom. The van der Waals surface area contributed by atoms with Gasteiger partial charge in [-0.25, -0.2) is 12.7 Å². The zero-order chi connectivity index (χ0) is 23.6. The number of likely N-dealkylation sites (N-methyl/N-ethyl adjacent to an activating group) is 1. The molecule has 0 bridgehead atoms. The molecule has 0 aromatic heterocycles. The van der Waals surface area contributed by atoms with Crippen molar-refractivity contribution in [1.82, 2.24) is 9.21 Å². The fourth-order valence-corrected chi connectivity index (χ4v) is 4.80. The molecule has 0 amide bonds. The summed E-state index contributed by atoms with van der Waals surface area (Å²) in [5.74, 6) is 0. The molecule has 172 valence electrons. The van der Waals surface area contributed by atoms with Crippen LogP contribution in [0.15, 0.2) is 57.2 Å². The van der Waals surface area contributed by atoms with Gasteiger partial charge >= 0.3 is 0 Å². The summed E-state index contributed by atoms with van der Waals surface area (Å²) in [4.78, 5) is 7.00. The van der Waals surface area contributed by atoms with E-state index in [0.29, 0.717) is 17.2 Å². The van der Waals surface area contributed by atoms with E-state index < -0.39 is 20.1 Å². The number of nitrogens with zero attached hydrogens (tertiary/aromatic N) is 3. The van der Waals surface area contributed by atoms with Crippen molar-refractivity contribution in [2.45, 2.75) is 27.7 Å². The molecule has 0 saturated carbocycles. The highest BCUT2D eigenvalue weighted by Crippen LogP contribution is 2.48. The van der Waals surface area contributed by atoms with Gasteiger partial charge in [0.1, 0.15) is 0 Å². The molecule has 3 rings (SSSR count). The smallest absolute Gasteiger partial charge is 0.261 e. The van der Waals surface area contributed by atoms with E-state index in [0.717, 1.165) is 22.8 Å². The topological polar surface area (TPSA) is 98.2 Å². The third kappa shape index (κ3) is 6.67. The highest BCUT2D eigenvalue weighted by Gasteiger charge is 2.27. The first-order chi connectivity index (χ1) is 14.2. The number of hydrogen-bond acceptors (Lipinski definition) is 7. The van der Waals surface area contributed by atoms with Gasteiger partial charge in [0.2, 0.25) is 10.0 Å². The van der Waals surface area contributed by atoms with Gasteiger partial charge in [-0.2, -0.15) is 8.42 Å². The van der Waals surface area contributed by atoms with Crippen molar-refractivity contribution in [2.75, 3.05) is 45.9 Å². The molecule has 1 aliphatic rings. The second kappa shape index (κ2) is 9.88. The minimum Gasteiger partial charge on any atom is -0.338 e. The zero-order valence-corrected chi connectivity index (χ0v) is 20.9. The van der Waals surface area contributed by atoms with Crippen LogP contribution in [0.1, 0.15) is 6.92 Å². The van der Waals surface area contributed by atoms with Gasteiger partial charge in [-0.05, 0) is 51.4 Å². The molecule has 0 aliphatic carbocycles. The Hall–Kier alpha value is -1.63. The van der Waals surface area contributed by atoms with Gasteiger partial charge in [-0.15, -0.1) is 0 Å². The number of rotatable bonds is 5. The molecule has 1 unspecified atom stereocenters. The lowest BCUT2D eigenvalue weighted by Gasteiger charge is -2.36. The van der Waals surface area contributed by atoms with Crippen molar-refractivity contribution >= 4 is 43.3 Å². The fourth-order valence-electron chi connectivity index (χ4n) is 2.80. The second-order valence-corrected chi connectivity index (χ2v) is 12.3. The van der Waals surface area contributed by atoms with Gasteiger partial charge < -0.3 is 9.80 Å². The highest BCUT2D eigenvalue weighted by molar-refractivity contribution is 7.99. The van der Waals surface area contributed by atoms with Crippen molar-refractivity contribution < 1.29 is 21.4 Å². The van der Waals surface area contributed by atoms with E-state index in [2.05, 4.69) is 43.0 Å². The van der Waals surface area contributed by atoms with Crippen molar-refractivity contribution in [1.29, 1.82) is 0 Å². The van der Waals surface area contributed by atoms with Crippen molar-refractivity contribution in [2.24, 2.45) is 0 Å². The molecule has 1 aliphatic heterocycles. The maximum absolute atomic E-state index is 12.6.